The molecule has 0 bridgehead atoms. The average molecular weight is 466 g/mol. The molecule has 0 aliphatic carbocycles. The number of aromatic amines is 1. The van der Waals surface area contributed by atoms with Crippen LogP contribution in [0.4, 0.5) is 17.3 Å². The molecule has 0 spiro atoms. The van der Waals surface area contributed by atoms with E-state index in [4.69, 9.17) is 0 Å². The lowest BCUT2D eigenvalue weighted by Crippen LogP contribution is -2.33. The zero-order valence-corrected chi connectivity index (χ0v) is 19.6. The van der Waals surface area contributed by atoms with Crippen LogP contribution in [-0.2, 0) is 4.79 Å². The summed E-state index contributed by atoms with van der Waals surface area (Å²) in [6.45, 7) is 3.87. The smallest absolute Gasteiger partial charge is 0.238 e. The van der Waals surface area contributed by atoms with Crippen LogP contribution in [0.15, 0.2) is 58.7 Å². The van der Waals surface area contributed by atoms with E-state index >= 15 is 0 Å². The fourth-order valence-electron chi connectivity index (χ4n) is 3.07. The van der Waals surface area contributed by atoms with Gasteiger partial charge >= 0.3 is 0 Å². The summed E-state index contributed by atoms with van der Waals surface area (Å²) in [6.07, 6.45) is 1.88. The Morgan fingerprint density at radius 1 is 1.21 bits per heavy atom. The third kappa shape index (κ3) is 6.31. The molecular formula is C22H27N9OS. The molecule has 0 aliphatic rings. The molecule has 4 N–H and O–H groups in total. The molecule has 4 aromatic rings. The SMILES string of the molecule is Cc1cc(Nc2nc(Sc3ccc(NC(=O)CNCCN(C)C)cc3)nn3cccc23)n[nH]1. The fourth-order valence-corrected chi connectivity index (χ4v) is 3.82. The lowest BCUT2D eigenvalue weighted by atomic mass is 10.3. The van der Waals surface area contributed by atoms with Crippen LogP contribution in [0.5, 0.6) is 0 Å². The Bertz CT molecular complexity index is 1220. The van der Waals surface area contributed by atoms with Gasteiger partial charge in [0.25, 0.3) is 0 Å². The number of carbonyl (C=O) groups excluding carboxylic acids is 1. The van der Waals surface area contributed by atoms with Gasteiger partial charge in [0.1, 0.15) is 5.52 Å². The van der Waals surface area contributed by atoms with E-state index in [9.17, 15) is 4.79 Å². The molecule has 0 fully saturated rings. The highest BCUT2D eigenvalue weighted by Crippen LogP contribution is 2.28. The van der Waals surface area contributed by atoms with Gasteiger partial charge in [-0.15, -0.1) is 5.10 Å². The molecule has 0 unspecified atom stereocenters. The summed E-state index contributed by atoms with van der Waals surface area (Å²) in [4.78, 5) is 19.8. The first-order valence-corrected chi connectivity index (χ1v) is 11.4. The van der Waals surface area contributed by atoms with Gasteiger partial charge in [0, 0.05) is 41.6 Å². The van der Waals surface area contributed by atoms with Crippen LogP contribution in [0.3, 0.4) is 0 Å². The van der Waals surface area contributed by atoms with Gasteiger partial charge in [-0.05, 0) is 69.2 Å². The highest BCUT2D eigenvalue weighted by atomic mass is 32.2. The number of H-pyrrole nitrogens is 1. The number of likely N-dealkylation sites (N-methyl/N-ethyl adjacent to an activating group) is 1. The van der Waals surface area contributed by atoms with Crippen molar-refractivity contribution in [3.63, 3.8) is 0 Å². The molecule has 11 heteroatoms. The lowest BCUT2D eigenvalue weighted by molar-refractivity contribution is -0.115. The molecule has 3 aromatic heterocycles. The average Bonchev–Trinajstić information content (AvgIpc) is 3.41. The number of anilines is 3. The molecule has 3 heterocycles. The van der Waals surface area contributed by atoms with Crippen molar-refractivity contribution in [2.75, 3.05) is 44.4 Å². The van der Waals surface area contributed by atoms with Gasteiger partial charge < -0.3 is 20.9 Å². The van der Waals surface area contributed by atoms with Gasteiger partial charge in [0.2, 0.25) is 11.1 Å². The number of amides is 1. The Hall–Kier alpha value is -3.41. The molecular weight excluding hydrogens is 438 g/mol. The summed E-state index contributed by atoms with van der Waals surface area (Å²) >= 11 is 1.44. The van der Waals surface area contributed by atoms with E-state index in [-0.39, 0.29) is 12.5 Å². The quantitative estimate of drug-likeness (QED) is 0.264. The summed E-state index contributed by atoms with van der Waals surface area (Å²) in [5.41, 5.74) is 2.57. The van der Waals surface area contributed by atoms with Crippen LogP contribution in [0.1, 0.15) is 5.69 Å². The minimum atomic E-state index is -0.0696. The summed E-state index contributed by atoms with van der Waals surface area (Å²) in [5, 5.41) is 21.6. The van der Waals surface area contributed by atoms with E-state index in [1.54, 1.807) is 4.52 Å². The maximum Gasteiger partial charge on any atom is 0.238 e. The van der Waals surface area contributed by atoms with Crippen molar-refractivity contribution in [1.82, 2.24) is 35.0 Å². The van der Waals surface area contributed by atoms with Gasteiger partial charge in [-0.25, -0.2) is 9.50 Å². The Labute approximate surface area is 196 Å². The molecule has 0 saturated carbocycles. The van der Waals surface area contributed by atoms with Crippen LogP contribution in [0.2, 0.25) is 0 Å². The summed E-state index contributed by atoms with van der Waals surface area (Å²) in [6, 6.07) is 13.4. The number of hydrogen-bond acceptors (Lipinski definition) is 8. The predicted octanol–water partition coefficient (Wildman–Crippen LogP) is 2.75. The van der Waals surface area contributed by atoms with Crippen LogP contribution < -0.4 is 16.0 Å². The number of nitrogens with zero attached hydrogens (tertiary/aromatic N) is 5. The van der Waals surface area contributed by atoms with E-state index in [0.717, 1.165) is 34.9 Å². The second-order valence-electron chi connectivity index (χ2n) is 7.80. The van der Waals surface area contributed by atoms with E-state index in [0.29, 0.717) is 16.8 Å². The molecule has 172 valence electrons. The first-order valence-electron chi connectivity index (χ1n) is 10.5. The Balaban J connectivity index is 1.39. The topological polar surface area (TPSA) is 115 Å². The molecule has 1 aromatic carbocycles. The normalized spacial score (nSPS) is 11.3. The summed E-state index contributed by atoms with van der Waals surface area (Å²) in [5.74, 6) is 1.30. The number of nitrogens with one attached hydrogen (secondary N) is 4. The highest BCUT2D eigenvalue weighted by molar-refractivity contribution is 7.99. The first-order chi connectivity index (χ1) is 16.0. The van der Waals surface area contributed by atoms with Gasteiger partial charge in [-0.2, -0.15) is 5.10 Å². The maximum absolute atomic E-state index is 12.1. The van der Waals surface area contributed by atoms with Gasteiger partial charge in [0.15, 0.2) is 11.6 Å². The molecule has 0 saturated heterocycles. The lowest BCUT2D eigenvalue weighted by Gasteiger charge is -2.11. The van der Waals surface area contributed by atoms with E-state index in [2.05, 4.69) is 41.1 Å². The van der Waals surface area contributed by atoms with Gasteiger partial charge in [-0.1, -0.05) is 0 Å². The highest BCUT2D eigenvalue weighted by Gasteiger charge is 2.11. The molecule has 0 radical (unpaired) electrons. The number of aromatic nitrogens is 5. The Morgan fingerprint density at radius 2 is 2.03 bits per heavy atom. The number of hydrogen-bond donors (Lipinski definition) is 4. The minimum Gasteiger partial charge on any atom is -0.325 e. The molecule has 33 heavy (non-hydrogen) atoms. The van der Waals surface area contributed by atoms with Crippen LogP contribution in [0.25, 0.3) is 5.52 Å². The molecule has 0 atom stereocenters. The van der Waals surface area contributed by atoms with Crippen LogP contribution in [-0.4, -0.2) is 69.3 Å². The van der Waals surface area contributed by atoms with Crippen molar-refractivity contribution in [2.24, 2.45) is 0 Å². The van der Waals surface area contributed by atoms with Crippen molar-refractivity contribution in [3.8, 4) is 0 Å². The number of aryl methyl sites for hydroxylation is 1. The third-order valence-corrected chi connectivity index (χ3v) is 5.56. The second kappa shape index (κ2) is 10.5. The summed E-state index contributed by atoms with van der Waals surface area (Å²) < 4.78 is 1.79. The first kappa shape index (κ1) is 22.8. The zero-order valence-electron chi connectivity index (χ0n) is 18.8. The largest absolute Gasteiger partial charge is 0.325 e. The molecule has 1 amide bonds. The van der Waals surface area contributed by atoms with Crippen molar-refractivity contribution >= 4 is 40.5 Å². The van der Waals surface area contributed by atoms with Gasteiger partial charge in [-0.3, -0.25) is 9.89 Å². The van der Waals surface area contributed by atoms with Crippen molar-refractivity contribution in [1.29, 1.82) is 0 Å². The number of benzene rings is 1. The zero-order chi connectivity index (χ0) is 23.2. The Morgan fingerprint density at radius 3 is 2.76 bits per heavy atom. The molecule has 10 nitrogen and oxygen atoms in total. The third-order valence-electron chi connectivity index (χ3n) is 4.69. The number of rotatable bonds is 10. The fraction of sp³-hybridized carbons (Fsp3) is 0.273. The monoisotopic (exact) mass is 465 g/mol. The number of fused-ring (bicyclic) bond motifs is 1. The molecule has 4 rings (SSSR count). The van der Waals surface area contributed by atoms with Crippen LogP contribution >= 0.6 is 11.8 Å². The standard InChI is InChI=1S/C22H27N9OS/c1-15-13-19(28-27-15)25-21-18-5-4-11-31(18)29-22(26-21)33-17-8-6-16(7-9-17)24-20(32)14-23-10-12-30(2)3/h4-9,11,13,23H,10,12,14H2,1-3H3,(H,24,32)(H2,25,26,27,28,29). The van der Waals surface area contributed by atoms with Crippen LogP contribution in [0, 0.1) is 6.92 Å². The summed E-state index contributed by atoms with van der Waals surface area (Å²) in [7, 11) is 4.00. The van der Waals surface area contributed by atoms with Gasteiger partial charge in [0.05, 0.1) is 6.54 Å². The second-order valence-corrected chi connectivity index (χ2v) is 8.84. The van der Waals surface area contributed by atoms with E-state index in [1.165, 1.54) is 11.8 Å². The minimum absolute atomic E-state index is 0.0696. The molecule has 0 aliphatic heterocycles. The van der Waals surface area contributed by atoms with E-state index in [1.807, 2.05) is 69.7 Å². The van der Waals surface area contributed by atoms with Crippen molar-refractivity contribution in [3.05, 3.63) is 54.4 Å². The number of carbonyl (C=O) groups is 1. The Kier molecular flexibility index (Phi) is 7.23. The van der Waals surface area contributed by atoms with E-state index < -0.39 is 0 Å². The van der Waals surface area contributed by atoms with Crippen molar-refractivity contribution in [2.45, 2.75) is 17.0 Å². The van der Waals surface area contributed by atoms with Crippen molar-refractivity contribution < 1.29 is 4.79 Å². The maximum atomic E-state index is 12.1. The predicted molar refractivity (Wildman–Crippen MR) is 130 cm³/mol.